The molecule has 0 aliphatic carbocycles. The molecular formula is C13H8BrF4N. The van der Waals surface area contributed by atoms with Gasteiger partial charge in [0, 0.05) is 28.8 Å². The number of nitrogens with one attached hydrogen (secondary N) is 1. The lowest BCUT2D eigenvalue weighted by Crippen LogP contribution is -2.02. The SMILES string of the molecule is Fc1cc(Br)cc(CNc2cc(F)c(F)c(F)c2)c1. The smallest absolute Gasteiger partial charge is 0.194 e. The summed E-state index contributed by atoms with van der Waals surface area (Å²) in [6.07, 6.45) is 0. The third kappa shape index (κ3) is 3.47. The van der Waals surface area contributed by atoms with Crippen LogP contribution in [0.4, 0.5) is 23.2 Å². The molecule has 2 aromatic rings. The summed E-state index contributed by atoms with van der Waals surface area (Å²) < 4.78 is 52.4. The molecule has 0 aliphatic rings. The predicted octanol–water partition coefficient (Wildman–Crippen LogP) is 4.62. The molecule has 0 aliphatic heterocycles. The van der Waals surface area contributed by atoms with Gasteiger partial charge < -0.3 is 5.32 Å². The molecule has 0 spiro atoms. The highest BCUT2D eigenvalue weighted by Crippen LogP contribution is 2.19. The van der Waals surface area contributed by atoms with Crippen LogP contribution in [0.1, 0.15) is 5.56 Å². The largest absolute Gasteiger partial charge is 0.381 e. The van der Waals surface area contributed by atoms with Crippen LogP contribution in [-0.4, -0.2) is 0 Å². The van der Waals surface area contributed by atoms with Crippen molar-refractivity contribution in [3.63, 3.8) is 0 Å². The summed E-state index contributed by atoms with van der Waals surface area (Å²) in [5.41, 5.74) is 0.661. The summed E-state index contributed by atoms with van der Waals surface area (Å²) in [4.78, 5) is 0. The summed E-state index contributed by atoms with van der Waals surface area (Å²) in [5, 5.41) is 2.69. The van der Waals surface area contributed by atoms with E-state index in [1.165, 1.54) is 12.1 Å². The van der Waals surface area contributed by atoms with Crippen molar-refractivity contribution in [3.05, 3.63) is 63.6 Å². The summed E-state index contributed by atoms with van der Waals surface area (Å²) in [7, 11) is 0. The van der Waals surface area contributed by atoms with Gasteiger partial charge in [-0.05, 0) is 23.8 Å². The number of benzene rings is 2. The zero-order valence-electron chi connectivity index (χ0n) is 9.48. The van der Waals surface area contributed by atoms with Crippen molar-refractivity contribution in [2.45, 2.75) is 6.54 Å². The molecule has 1 nitrogen and oxygen atoms in total. The minimum absolute atomic E-state index is 0.0804. The standard InChI is InChI=1S/C13H8BrF4N/c14-8-1-7(2-9(15)3-8)6-19-10-4-11(16)13(18)12(17)5-10/h1-5,19H,6H2. The summed E-state index contributed by atoms with van der Waals surface area (Å²) >= 11 is 3.13. The van der Waals surface area contributed by atoms with E-state index in [-0.39, 0.29) is 12.2 Å². The van der Waals surface area contributed by atoms with Crippen LogP contribution < -0.4 is 5.32 Å². The number of hydrogen-bond donors (Lipinski definition) is 1. The molecule has 6 heteroatoms. The Morgan fingerprint density at radius 1 is 0.895 bits per heavy atom. The summed E-state index contributed by atoms with van der Waals surface area (Å²) in [6.45, 7) is 0.154. The maximum atomic E-state index is 13.1. The van der Waals surface area contributed by atoms with Gasteiger partial charge in [0.25, 0.3) is 0 Å². The molecule has 0 amide bonds. The first-order valence-corrected chi connectivity index (χ1v) is 6.08. The highest BCUT2D eigenvalue weighted by atomic mass is 79.9. The second-order valence-electron chi connectivity index (χ2n) is 3.89. The Hall–Kier alpha value is -1.56. The Morgan fingerprint density at radius 2 is 1.53 bits per heavy atom. The van der Waals surface area contributed by atoms with Gasteiger partial charge in [-0.3, -0.25) is 0 Å². The van der Waals surface area contributed by atoms with Gasteiger partial charge in [0.1, 0.15) is 5.82 Å². The normalized spacial score (nSPS) is 10.6. The predicted molar refractivity (Wildman–Crippen MR) is 67.7 cm³/mol. The van der Waals surface area contributed by atoms with E-state index >= 15 is 0 Å². The Morgan fingerprint density at radius 3 is 2.11 bits per heavy atom. The first kappa shape index (κ1) is 13.9. The Balaban J connectivity index is 2.14. The van der Waals surface area contributed by atoms with Gasteiger partial charge in [-0.25, -0.2) is 17.6 Å². The van der Waals surface area contributed by atoms with E-state index in [1.54, 1.807) is 6.07 Å². The molecule has 0 unspecified atom stereocenters. The lowest BCUT2D eigenvalue weighted by atomic mass is 10.2. The fraction of sp³-hybridized carbons (Fsp3) is 0.0769. The summed E-state index contributed by atoms with van der Waals surface area (Å²) in [5.74, 6) is -4.49. The van der Waals surface area contributed by atoms with Crippen LogP contribution in [0.2, 0.25) is 0 Å². The van der Waals surface area contributed by atoms with Crippen molar-refractivity contribution in [2.24, 2.45) is 0 Å². The monoisotopic (exact) mass is 333 g/mol. The van der Waals surface area contributed by atoms with Crippen LogP contribution >= 0.6 is 15.9 Å². The fourth-order valence-corrected chi connectivity index (χ4v) is 2.09. The number of rotatable bonds is 3. The van der Waals surface area contributed by atoms with E-state index in [2.05, 4.69) is 21.2 Å². The zero-order chi connectivity index (χ0) is 14.0. The third-order valence-corrected chi connectivity index (χ3v) is 2.86. The van der Waals surface area contributed by atoms with Crippen LogP contribution in [0, 0.1) is 23.3 Å². The number of anilines is 1. The van der Waals surface area contributed by atoms with E-state index in [4.69, 9.17) is 0 Å². The minimum atomic E-state index is -1.51. The summed E-state index contributed by atoms with van der Waals surface area (Å²) in [6, 6.07) is 5.92. The molecule has 0 radical (unpaired) electrons. The zero-order valence-corrected chi connectivity index (χ0v) is 11.1. The highest BCUT2D eigenvalue weighted by molar-refractivity contribution is 9.10. The Bertz CT molecular complexity index is 572. The van der Waals surface area contributed by atoms with Crippen molar-refractivity contribution in [3.8, 4) is 0 Å². The molecular weight excluding hydrogens is 326 g/mol. The minimum Gasteiger partial charge on any atom is -0.381 e. The van der Waals surface area contributed by atoms with Gasteiger partial charge >= 0.3 is 0 Å². The van der Waals surface area contributed by atoms with Crippen molar-refractivity contribution < 1.29 is 17.6 Å². The fourth-order valence-electron chi connectivity index (χ4n) is 1.57. The van der Waals surface area contributed by atoms with Crippen molar-refractivity contribution >= 4 is 21.6 Å². The van der Waals surface area contributed by atoms with Gasteiger partial charge in [0.05, 0.1) is 0 Å². The van der Waals surface area contributed by atoms with E-state index < -0.39 is 23.3 Å². The molecule has 0 fully saturated rings. The Labute approximate surface area is 115 Å². The number of hydrogen-bond acceptors (Lipinski definition) is 1. The maximum absolute atomic E-state index is 13.1. The van der Waals surface area contributed by atoms with E-state index in [0.29, 0.717) is 10.0 Å². The molecule has 2 rings (SSSR count). The molecule has 0 atom stereocenters. The second-order valence-corrected chi connectivity index (χ2v) is 4.80. The molecule has 2 aromatic carbocycles. The molecule has 1 N–H and O–H groups in total. The van der Waals surface area contributed by atoms with Crippen LogP contribution in [0.25, 0.3) is 0 Å². The van der Waals surface area contributed by atoms with Gasteiger partial charge in [0.15, 0.2) is 17.5 Å². The number of halogens is 5. The molecule has 19 heavy (non-hydrogen) atoms. The van der Waals surface area contributed by atoms with Crippen LogP contribution in [0.3, 0.4) is 0 Å². The Kier molecular flexibility index (Phi) is 4.09. The first-order valence-electron chi connectivity index (χ1n) is 5.29. The van der Waals surface area contributed by atoms with Gasteiger partial charge in [0.2, 0.25) is 0 Å². The van der Waals surface area contributed by atoms with Crippen molar-refractivity contribution in [1.82, 2.24) is 0 Å². The van der Waals surface area contributed by atoms with Crippen molar-refractivity contribution in [1.29, 1.82) is 0 Å². The molecule has 0 bridgehead atoms. The molecule has 0 saturated heterocycles. The molecule has 0 saturated carbocycles. The quantitative estimate of drug-likeness (QED) is 0.638. The lowest BCUT2D eigenvalue weighted by molar-refractivity contribution is 0.447. The molecule has 0 heterocycles. The van der Waals surface area contributed by atoms with Crippen molar-refractivity contribution in [2.75, 3.05) is 5.32 Å². The average molecular weight is 334 g/mol. The topological polar surface area (TPSA) is 12.0 Å². The average Bonchev–Trinajstić information content (AvgIpc) is 2.32. The van der Waals surface area contributed by atoms with Crippen LogP contribution in [0.5, 0.6) is 0 Å². The van der Waals surface area contributed by atoms with E-state index in [9.17, 15) is 17.6 Å². The first-order chi connectivity index (χ1) is 8.95. The molecule has 0 aromatic heterocycles. The second kappa shape index (κ2) is 5.61. The third-order valence-electron chi connectivity index (χ3n) is 2.40. The van der Waals surface area contributed by atoms with Crippen LogP contribution in [-0.2, 0) is 6.54 Å². The van der Waals surface area contributed by atoms with E-state index in [0.717, 1.165) is 12.1 Å². The molecule has 100 valence electrons. The maximum Gasteiger partial charge on any atom is 0.194 e. The lowest BCUT2D eigenvalue weighted by Gasteiger charge is -2.08. The highest BCUT2D eigenvalue weighted by Gasteiger charge is 2.10. The van der Waals surface area contributed by atoms with Gasteiger partial charge in [-0.1, -0.05) is 15.9 Å². The van der Waals surface area contributed by atoms with Gasteiger partial charge in [-0.15, -0.1) is 0 Å². The van der Waals surface area contributed by atoms with Crippen LogP contribution in [0.15, 0.2) is 34.8 Å². The van der Waals surface area contributed by atoms with E-state index in [1.807, 2.05) is 0 Å². The van der Waals surface area contributed by atoms with Gasteiger partial charge in [-0.2, -0.15) is 0 Å².